The van der Waals surface area contributed by atoms with Gasteiger partial charge in [0.05, 0.1) is 19.3 Å². The van der Waals surface area contributed by atoms with E-state index in [4.69, 9.17) is 16.3 Å². The van der Waals surface area contributed by atoms with Gasteiger partial charge in [0.1, 0.15) is 5.82 Å². The van der Waals surface area contributed by atoms with Crippen molar-refractivity contribution in [3.05, 3.63) is 58.9 Å². The van der Waals surface area contributed by atoms with Gasteiger partial charge >= 0.3 is 0 Å². The standard InChI is InChI=1S/C21H25ClFN3O2/c1-15(25(2)14-18-19(22)4-3-5-20(18)23)21(27)24-16-6-8-17(9-7-16)26-10-12-28-13-11-26/h3-9,15H,10-14H2,1-2H3,(H,24,27). The molecule has 0 saturated carbocycles. The summed E-state index contributed by atoms with van der Waals surface area (Å²) in [6.45, 7) is 5.23. The van der Waals surface area contributed by atoms with E-state index in [1.54, 1.807) is 31.0 Å². The van der Waals surface area contributed by atoms with Crippen LogP contribution in [-0.4, -0.2) is 50.2 Å². The number of rotatable bonds is 6. The van der Waals surface area contributed by atoms with Gasteiger partial charge in [0.15, 0.2) is 0 Å². The number of hydrogen-bond acceptors (Lipinski definition) is 4. The number of amides is 1. The van der Waals surface area contributed by atoms with E-state index in [-0.39, 0.29) is 18.3 Å². The van der Waals surface area contributed by atoms with Gasteiger partial charge in [0.25, 0.3) is 0 Å². The van der Waals surface area contributed by atoms with Crippen molar-refractivity contribution in [3.63, 3.8) is 0 Å². The maximum atomic E-state index is 14.0. The quantitative estimate of drug-likeness (QED) is 0.794. The van der Waals surface area contributed by atoms with Crippen LogP contribution in [0.15, 0.2) is 42.5 Å². The van der Waals surface area contributed by atoms with Crippen molar-refractivity contribution in [2.24, 2.45) is 0 Å². The minimum Gasteiger partial charge on any atom is -0.378 e. The van der Waals surface area contributed by atoms with E-state index < -0.39 is 6.04 Å². The van der Waals surface area contributed by atoms with Crippen molar-refractivity contribution in [2.45, 2.75) is 19.5 Å². The fourth-order valence-corrected chi connectivity index (χ4v) is 3.32. The summed E-state index contributed by atoms with van der Waals surface area (Å²) in [4.78, 5) is 16.6. The zero-order chi connectivity index (χ0) is 20.1. The molecule has 1 unspecified atom stereocenters. The third kappa shape index (κ3) is 5.01. The van der Waals surface area contributed by atoms with E-state index in [2.05, 4.69) is 10.2 Å². The molecule has 28 heavy (non-hydrogen) atoms. The van der Waals surface area contributed by atoms with Crippen LogP contribution in [0.25, 0.3) is 0 Å². The second-order valence-electron chi connectivity index (χ2n) is 6.93. The predicted octanol–water partition coefficient (Wildman–Crippen LogP) is 3.77. The average molecular weight is 406 g/mol. The van der Waals surface area contributed by atoms with Gasteiger partial charge in [-0.05, 0) is 50.4 Å². The number of anilines is 2. The van der Waals surface area contributed by atoms with Gasteiger partial charge in [-0.3, -0.25) is 9.69 Å². The highest BCUT2D eigenvalue weighted by Crippen LogP contribution is 2.22. The lowest BCUT2D eigenvalue weighted by molar-refractivity contribution is -0.120. The minimum absolute atomic E-state index is 0.158. The van der Waals surface area contributed by atoms with E-state index in [1.165, 1.54) is 6.07 Å². The Morgan fingerprint density at radius 2 is 1.93 bits per heavy atom. The Hall–Kier alpha value is -2.15. The first-order valence-corrected chi connectivity index (χ1v) is 9.70. The van der Waals surface area contributed by atoms with E-state index >= 15 is 0 Å². The normalized spacial score (nSPS) is 15.5. The van der Waals surface area contributed by atoms with Gasteiger partial charge in [0, 0.05) is 41.6 Å². The molecule has 1 saturated heterocycles. The molecule has 150 valence electrons. The molecule has 1 N–H and O–H groups in total. The van der Waals surface area contributed by atoms with Crippen LogP contribution in [0.2, 0.25) is 5.02 Å². The number of benzene rings is 2. The number of ether oxygens (including phenoxy) is 1. The molecule has 1 amide bonds. The topological polar surface area (TPSA) is 44.8 Å². The van der Waals surface area contributed by atoms with E-state index in [9.17, 15) is 9.18 Å². The fourth-order valence-electron chi connectivity index (χ4n) is 3.09. The summed E-state index contributed by atoms with van der Waals surface area (Å²) in [5.74, 6) is -0.528. The number of nitrogens with zero attached hydrogens (tertiary/aromatic N) is 2. The molecule has 0 spiro atoms. The zero-order valence-corrected chi connectivity index (χ0v) is 16.9. The Bertz CT molecular complexity index is 790. The van der Waals surface area contributed by atoms with Crippen LogP contribution < -0.4 is 10.2 Å². The first-order chi connectivity index (χ1) is 13.5. The van der Waals surface area contributed by atoms with Crippen LogP contribution in [0.3, 0.4) is 0 Å². The van der Waals surface area contributed by atoms with Crippen molar-refractivity contribution < 1.29 is 13.9 Å². The van der Waals surface area contributed by atoms with Crippen molar-refractivity contribution in [1.29, 1.82) is 0 Å². The number of halogens is 2. The lowest BCUT2D eigenvalue weighted by Crippen LogP contribution is -2.39. The third-order valence-corrected chi connectivity index (χ3v) is 5.37. The van der Waals surface area contributed by atoms with Crippen molar-refractivity contribution in [2.75, 3.05) is 43.6 Å². The molecule has 0 aliphatic carbocycles. The molecule has 2 aromatic carbocycles. The van der Waals surface area contributed by atoms with Crippen LogP contribution in [-0.2, 0) is 16.1 Å². The lowest BCUT2D eigenvalue weighted by atomic mass is 10.1. The predicted molar refractivity (Wildman–Crippen MR) is 110 cm³/mol. The number of nitrogens with one attached hydrogen (secondary N) is 1. The first kappa shape index (κ1) is 20.6. The Morgan fingerprint density at radius 1 is 1.25 bits per heavy atom. The number of morpholine rings is 1. The molecule has 1 aliphatic heterocycles. The Kier molecular flexibility index (Phi) is 6.88. The molecule has 0 bridgehead atoms. The smallest absolute Gasteiger partial charge is 0.241 e. The Morgan fingerprint density at radius 3 is 2.57 bits per heavy atom. The number of likely N-dealkylation sites (N-methyl/N-ethyl adjacent to an activating group) is 1. The molecule has 1 atom stereocenters. The molecule has 1 aliphatic rings. The minimum atomic E-state index is -0.449. The summed E-state index contributed by atoms with van der Waals surface area (Å²) in [7, 11) is 1.77. The molecular weight excluding hydrogens is 381 g/mol. The van der Waals surface area contributed by atoms with E-state index in [1.807, 2.05) is 24.3 Å². The summed E-state index contributed by atoms with van der Waals surface area (Å²) in [5.41, 5.74) is 2.23. The largest absolute Gasteiger partial charge is 0.378 e. The molecule has 5 nitrogen and oxygen atoms in total. The fraction of sp³-hybridized carbons (Fsp3) is 0.381. The highest BCUT2D eigenvalue weighted by atomic mass is 35.5. The monoisotopic (exact) mass is 405 g/mol. The molecule has 1 fully saturated rings. The molecule has 7 heteroatoms. The second kappa shape index (κ2) is 9.37. The molecular formula is C21H25ClFN3O2. The van der Waals surface area contributed by atoms with Crippen LogP contribution in [0.4, 0.5) is 15.8 Å². The molecule has 1 heterocycles. The van der Waals surface area contributed by atoms with Crippen molar-refractivity contribution in [3.8, 4) is 0 Å². The third-order valence-electron chi connectivity index (χ3n) is 5.02. The SMILES string of the molecule is CC(C(=O)Nc1ccc(N2CCOCC2)cc1)N(C)Cc1c(F)cccc1Cl. The Balaban J connectivity index is 1.58. The number of hydrogen-bond donors (Lipinski definition) is 1. The summed E-state index contributed by atoms with van der Waals surface area (Å²) < 4.78 is 19.4. The van der Waals surface area contributed by atoms with Crippen molar-refractivity contribution >= 4 is 28.9 Å². The van der Waals surface area contributed by atoms with Gasteiger partial charge in [0.2, 0.25) is 5.91 Å². The van der Waals surface area contributed by atoms with Crippen LogP contribution in [0, 0.1) is 5.82 Å². The van der Waals surface area contributed by atoms with E-state index in [0.717, 1.165) is 37.7 Å². The lowest BCUT2D eigenvalue weighted by Gasteiger charge is -2.29. The number of carbonyl (C=O) groups excluding carboxylic acids is 1. The maximum absolute atomic E-state index is 14.0. The average Bonchev–Trinajstić information content (AvgIpc) is 2.71. The van der Waals surface area contributed by atoms with Crippen molar-refractivity contribution in [1.82, 2.24) is 4.90 Å². The Labute approximate surface area is 170 Å². The van der Waals surface area contributed by atoms with Crippen LogP contribution >= 0.6 is 11.6 Å². The summed E-state index contributed by atoms with van der Waals surface area (Å²) >= 11 is 6.09. The zero-order valence-electron chi connectivity index (χ0n) is 16.1. The summed E-state index contributed by atoms with van der Waals surface area (Å²) in [6.07, 6.45) is 0. The summed E-state index contributed by atoms with van der Waals surface area (Å²) in [5, 5.41) is 3.28. The second-order valence-corrected chi connectivity index (χ2v) is 7.33. The van der Waals surface area contributed by atoms with Crippen LogP contribution in [0.1, 0.15) is 12.5 Å². The molecule has 2 aromatic rings. The number of carbonyl (C=O) groups is 1. The first-order valence-electron chi connectivity index (χ1n) is 9.32. The van der Waals surface area contributed by atoms with Crippen LogP contribution in [0.5, 0.6) is 0 Å². The molecule has 0 aromatic heterocycles. The maximum Gasteiger partial charge on any atom is 0.241 e. The van der Waals surface area contributed by atoms with Gasteiger partial charge in [-0.1, -0.05) is 17.7 Å². The van der Waals surface area contributed by atoms with Gasteiger partial charge in [-0.25, -0.2) is 4.39 Å². The van der Waals surface area contributed by atoms with Gasteiger partial charge in [-0.2, -0.15) is 0 Å². The van der Waals surface area contributed by atoms with Gasteiger partial charge in [-0.15, -0.1) is 0 Å². The molecule has 0 radical (unpaired) electrons. The highest BCUT2D eigenvalue weighted by Gasteiger charge is 2.20. The highest BCUT2D eigenvalue weighted by molar-refractivity contribution is 6.31. The molecule has 3 rings (SSSR count). The van der Waals surface area contributed by atoms with E-state index in [0.29, 0.717) is 10.6 Å². The van der Waals surface area contributed by atoms with Gasteiger partial charge < -0.3 is 15.0 Å². The summed E-state index contributed by atoms with van der Waals surface area (Å²) in [6, 6.07) is 11.9.